The molecular formula is C18H10ClF6N3. The van der Waals surface area contributed by atoms with Gasteiger partial charge in [0.1, 0.15) is 12.1 Å². The van der Waals surface area contributed by atoms with Gasteiger partial charge in [-0.05, 0) is 30.3 Å². The SMILES string of the molecule is FC(F)(F)c1ccc(-c2cc(Nc3ccc(Cl)c(C(F)(F)F)c3)ncn2)cc1. The number of hydrogen-bond acceptors (Lipinski definition) is 3. The molecule has 0 fully saturated rings. The molecule has 146 valence electrons. The Bertz CT molecular complexity index is 984. The third-order valence-corrected chi connectivity index (χ3v) is 4.05. The van der Waals surface area contributed by atoms with E-state index in [1.165, 1.54) is 24.3 Å². The van der Waals surface area contributed by atoms with E-state index >= 15 is 0 Å². The Balaban J connectivity index is 1.86. The van der Waals surface area contributed by atoms with E-state index < -0.39 is 28.5 Å². The second-order valence-electron chi connectivity index (χ2n) is 5.68. The van der Waals surface area contributed by atoms with Gasteiger partial charge >= 0.3 is 12.4 Å². The molecule has 0 radical (unpaired) electrons. The van der Waals surface area contributed by atoms with Gasteiger partial charge in [0.2, 0.25) is 0 Å². The van der Waals surface area contributed by atoms with Crippen LogP contribution in [0.2, 0.25) is 5.02 Å². The summed E-state index contributed by atoms with van der Waals surface area (Å²) in [6.07, 6.45) is -7.93. The lowest BCUT2D eigenvalue weighted by Gasteiger charge is -2.12. The van der Waals surface area contributed by atoms with Crippen molar-refractivity contribution in [1.82, 2.24) is 9.97 Å². The number of hydrogen-bond donors (Lipinski definition) is 1. The molecule has 0 atom stereocenters. The maximum Gasteiger partial charge on any atom is 0.417 e. The first-order valence-electron chi connectivity index (χ1n) is 7.67. The van der Waals surface area contributed by atoms with Gasteiger partial charge in [0, 0.05) is 17.3 Å². The van der Waals surface area contributed by atoms with Crippen LogP contribution in [0.3, 0.4) is 0 Å². The highest BCUT2D eigenvalue weighted by atomic mass is 35.5. The van der Waals surface area contributed by atoms with Crippen LogP contribution >= 0.6 is 11.6 Å². The first kappa shape index (κ1) is 19.9. The Labute approximate surface area is 160 Å². The summed E-state index contributed by atoms with van der Waals surface area (Å²) in [5, 5.41) is 2.26. The molecule has 0 aliphatic carbocycles. The Morgan fingerprint density at radius 2 is 1.46 bits per heavy atom. The second kappa shape index (κ2) is 7.31. The molecule has 0 saturated carbocycles. The Hall–Kier alpha value is -2.81. The van der Waals surface area contributed by atoms with Gasteiger partial charge in [-0.3, -0.25) is 0 Å². The topological polar surface area (TPSA) is 37.8 Å². The molecule has 3 nitrogen and oxygen atoms in total. The molecule has 0 bridgehead atoms. The van der Waals surface area contributed by atoms with E-state index in [-0.39, 0.29) is 11.5 Å². The second-order valence-corrected chi connectivity index (χ2v) is 6.09. The molecular weight excluding hydrogens is 408 g/mol. The van der Waals surface area contributed by atoms with Crippen molar-refractivity contribution in [2.75, 3.05) is 5.32 Å². The van der Waals surface area contributed by atoms with Crippen LogP contribution in [0.4, 0.5) is 37.8 Å². The van der Waals surface area contributed by atoms with Crippen LogP contribution < -0.4 is 5.32 Å². The first-order chi connectivity index (χ1) is 13.0. The Morgan fingerprint density at radius 1 is 0.786 bits per heavy atom. The molecule has 2 aromatic carbocycles. The summed E-state index contributed by atoms with van der Waals surface area (Å²) in [4.78, 5) is 7.90. The highest BCUT2D eigenvalue weighted by Gasteiger charge is 2.33. The van der Waals surface area contributed by atoms with Crippen molar-refractivity contribution >= 4 is 23.1 Å². The van der Waals surface area contributed by atoms with Gasteiger partial charge in [-0.15, -0.1) is 0 Å². The van der Waals surface area contributed by atoms with Crippen LogP contribution in [-0.4, -0.2) is 9.97 Å². The van der Waals surface area contributed by atoms with Crippen molar-refractivity contribution in [3.05, 3.63) is 71.0 Å². The van der Waals surface area contributed by atoms with E-state index in [0.717, 1.165) is 30.6 Å². The van der Waals surface area contributed by atoms with E-state index in [0.29, 0.717) is 11.3 Å². The Morgan fingerprint density at radius 3 is 2.07 bits per heavy atom. The fraction of sp³-hybridized carbons (Fsp3) is 0.111. The zero-order chi connectivity index (χ0) is 20.5. The molecule has 1 aromatic heterocycles. The molecule has 0 saturated heterocycles. The van der Waals surface area contributed by atoms with Gasteiger partial charge in [0.25, 0.3) is 0 Å². The number of rotatable bonds is 3. The van der Waals surface area contributed by atoms with Crippen LogP contribution in [0.25, 0.3) is 11.3 Å². The summed E-state index contributed by atoms with van der Waals surface area (Å²) in [5.74, 6) is 0.167. The van der Waals surface area contributed by atoms with Crippen molar-refractivity contribution in [1.29, 1.82) is 0 Å². The third-order valence-electron chi connectivity index (χ3n) is 3.72. The number of halogens is 7. The minimum absolute atomic E-state index is 0.0915. The summed E-state index contributed by atoms with van der Waals surface area (Å²) in [5.41, 5.74) is -1.02. The molecule has 1 heterocycles. The number of nitrogens with zero attached hydrogens (tertiary/aromatic N) is 2. The van der Waals surface area contributed by atoms with Gasteiger partial charge < -0.3 is 5.32 Å². The summed E-state index contributed by atoms with van der Waals surface area (Å²) in [6, 6.07) is 9.02. The van der Waals surface area contributed by atoms with Crippen LogP contribution in [0.1, 0.15) is 11.1 Å². The van der Waals surface area contributed by atoms with E-state index in [4.69, 9.17) is 11.6 Å². The molecule has 0 aliphatic rings. The molecule has 3 aromatic rings. The molecule has 1 N–H and O–H groups in total. The van der Waals surface area contributed by atoms with Crippen LogP contribution in [0.15, 0.2) is 54.9 Å². The van der Waals surface area contributed by atoms with Crippen molar-refractivity contribution in [3.8, 4) is 11.3 Å². The smallest absolute Gasteiger partial charge is 0.340 e. The monoisotopic (exact) mass is 417 g/mol. The average Bonchev–Trinajstić information content (AvgIpc) is 2.62. The summed E-state index contributed by atoms with van der Waals surface area (Å²) < 4.78 is 76.8. The van der Waals surface area contributed by atoms with Gasteiger partial charge in [-0.25, -0.2) is 9.97 Å². The number of aromatic nitrogens is 2. The molecule has 0 unspecified atom stereocenters. The number of anilines is 2. The highest BCUT2D eigenvalue weighted by molar-refractivity contribution is 6.31. The van der Waals surface area contributed by atoms with E-state index in [2.05, 4.69) is 15.3 Å². The van der Waals surface area contributed by atoms with Gasteiger partial charge in [0.15, 0.2) is 0 Å². The lowest BCUT2D eigenvalue weighted by Crippen LogP contribution is -2.06. The number of alkyl halides is 6. The van der Waals surface area contributed by atoms with Gasteiger partial charge in [-0.2, -0.15) is 26.3 Å². The zero-order valence-corrected chi connectivity index (χ0v) is 14.5. The quantitative estimate of drug-likeness (QED) is 0.489. The lowest BCUT2D eigenvalue weighted by atomic mass is 10.1. The van der Waals surface area contributed by atoms with Crippen molar-refractivity contribution < 1.29 is 26.3 Å². The summed E-state index contributed by atoms with van der Waals surface area (Å²) >= 11 is 5.58. The summed E-state index contributed by atoms with van der Waals surface area (Å²) in [6.45, 7) is 0. The molecule has 10 heteroatoms. The van der Waals surface area contributed by atoms with Crippen LogP contribution in [-0.2, 0) is 12.4 Å². The fourth-order valence-electron chi connectivity index (χ4n) is 2.38. The minimum atomic E-state index is -4.62. The van der Waals surface area contributed by atoms with Crippen molar-refractivity contribution in [2.24, 2.45) is 0 Å². The van der Waals surface area contributed by atoms with Gasteiger partial charge in [0.05, 0.1) is 21.8 Å². The molecule has 0 spiro atoms. The predicted octanol–water partition coefficient (Wildman–Crippen LogP) is 6.58. The fourth-order valence-corrected chi connectivity index (χ4v) is 2.61. The number of benzene rings is 2. The predicted molar refractivity (Wildman–Crippen MR) is 92.2 cm³/mol. The summed E-state index contributed by atoms with van der Waals surface area (Å²) in [7, 11) is 0. The zero-order valence-electron chi connectivity index (χ0n) is 13.7. The van der Waals surface area contributed by atoms with E-state index in [1.54, 1.807) is 0 Å². The normalized spacial score (nSPS) is 12.1. The molecule has 0 amide bonds. The lowest BCUT2D eigenvalue weighted by molar-refractivity contribution is -0.138. The van der Waals surface area contributed by atoms with E-state index in [1.807, 2.05) is 0 Å². The van der Waals surface area contributed by atoms with E-state index in [9.17, 15) is 26.3 Å². The molecule has 28 heavy (non-hydrogen) atoms. The highest BCUT2D eigenvalue weighted by Crippen LogP contribution is 2.37. The maximum absolute atomic E-state index is 13.0. The molecule has 3 rings (SSSR count). The number of nitrogens with one attached hydrogen (secondary N) is 1. The Kier molecular flexibility index (Phi) is 5.20. The minimum Gasteiger partial charge on any atom is -0.340 e. The maximum atomic E-state index is 13.0. The molecule has 0 aliphatic heterocycles. The van der Waals surface area contributed by atoms with Gasteiger partial charge in [-0.1, -0.05) is 23.7 Å². The van der Waals surface area contributed by atoms with Crippen LogP contribution in [0.5, 0.6) is 0 Å². The van der Waals surface area contributed by atoms with Crippen molar-refractivity contribution in [2.45, 2.75) is 12.4 Å². The van der Waals surface area contributed by atoms with Crippen LogP contribution in [0, 0.1) is 0 Å². The third kappa shape index (κ3) is 4.53. The largest absolute Gasteiger partial charge is 0.417 e. The average molecular weight is 418 g/mol. The first-order valence-corrected chi connectivity index (χ1v) is 8.05. The van der Waals surface area contributed by atoms with Crippen molar-refractivity contribution in [3.63, 3.8) is 0 Å². The standard InChI is InChI=1S/C18H10ClF6N3/c19-14-6-5-12(7-13(14)18(23,24)25)28-16-8-15(26-9-27-16)10-1-3-11(4-2-10)17(20,21)22/h1-9H,(H,26,27,28).